The number of pyridine rings is 1. The predicted octanol–water partition coefficient (Wildman–Crippen LogP) is 3.08. The molecule has 5 rings (SSSR count). The Bertz CT molecular complexity index is 1260. The first-order chi connectivity index (χ1) is 14.6. The van der Waals surface area contributed by atoms with Crippen LogP contribution in [0.5, 0.6) is 0 Å². The number of carboxylic acid groups (broad SMARTS) is 1. The Balaban J connectivity index is 1.60. The molecule has 2 heterocycles. The minimum absolute atomic E-state index is 0.393. The SMILES string of the molecule is O=C(O)CNC(=O)N[C@@H]1c2ccccc2-c2c(-c3nc4ccncc4[nH]3)cccc21. The average molecular weight is 399 g/mol. The molecule has 0 aliphatic heterocycles. The van der Waals surface area contributed by atoms with E-state index in [1.807, 2.05) is 48.5 Å². The molecule has 30 heavy (non-hydrogen) atoms. The van der Waals surface area contributed by atoms with Crippen LogP contribution in [-0.4, -0.2) is 38.6 Å². The standard InChI is InChI=1S/C22H17N5O3/c28-18(29)11-24-22(30)27-20-13-5-2-1-4-12(13)19-14(20)6-3-7-15(19)21-25-16-8-9-23-10-17(16)26-21/h1-10,20H,11H2,(H,25,26)(H,28,29)(H2,24,27,30)/t20-/m1/s1. The molecular formula is C22H17N5O3. The molecule has 0 radical (unpaired) electrons. The van der Waals surface area contributed by atoms with Gasteiger partial charge < -0.3 is 20.7 Å². The van der Waals surface area contributed by atoms with Gasteiger partial charge in [0.1, 0.15) is 12.4 Å². The number of rotatable bonds is 4. The number of benzene rings is 2. The molecule has 0 unspecified atom stereocenters. The van der Waals surface area contributed by atoms with Gasteiger partial charge in [-0.1, -0.05) is 42.5 Å². The fourth-order valence-corrected chi connectivity index (χ4v) is 3.93. The van der Waals surface area contributed by atoms with Crippen LogP contribution >= 0.6 is 0 Å². The van der Waals surface area contributed by atoms with Gasteiger partial charge in [0.15, 0.2) is 0 Å². The number of nitrogens with one attached hydrogen (secondary N) is 3. The number of urea groups is 1. The number of carbonyl (C=O) groups is 2. The number of aromatic amines is 1. The van der Waals surface area contributed by atoms with Gasteiger partial charge in [-0.15, -0.1) is 0 Å². The van der Waals surface area contributed by atoms with Crippen LogP contribution < -0.4 is 10.6 Å². The summed E-state index contributed by atoms with van der Waals surface area (Å²) in [4.78, 5) is 35.2. The lowest BCUT2D eigenvalue weighted by Crippen LogP contribution is -2.40. The fourth-order valence-electron chi connectivity index (χ4n) is 3.93. The molecule has 148 valence electrons. The zero-order valence-electron chi connectivity index (χ0n) is 15.7. The van der Waals surface area contributed by atoms with E-state index in [0.717, 1.165) is 44.7 Å². The maximum absolute atomic E-state index is 12.3. The van der Waals surface area contributed by atoms with Gasteiger partial charge in [-0.05, 0) is 28.3 Å². The summed E-state index contributed by atoms with van der Waals surface area (Å²) in [5.41, 5.74) is 6.46. The number of imidazole rings is 1. The summed E-state index contributed by atoms with van der Waals surface area (Å²) >= 11 is 0. The second-order valence-corrected chi connectivity index (χ2v) is 6.99. The second kappa shape index (κ2) is 7.00. The van der Waals surface area contributed by atoms with E-state index in [-0.39, 0.29) is 0 Å². The van der Waals surface area contributed by atoms with E-state index in [9.17, 15) is 9.59 Å². The van der Waals surface area contributed by atoms with Crippen LogP contribution in [0.3, 0.4) is 0 Å². The molecule has 2 amide bonds. The first kappa shape index (κ1) is 17.9. The largest absolute Gasteiger partial charge is 0.480 e. The first-order valence-corrected chi connectivity index (χ1v) is 9.40. The molecule has 0 spiro atoms. The van der Waals surface area contributed by atoms with Crippen molar-refractivity contribution in [2.24, 2.45) is 0 Å². The number of aliphatic carboxylic acids is 1. The number of hydrogen-bond donors (Lipinski definition) is 4. The van der Waals surface area contributed by atoms with Gasteiger partial charge >= 0.3 is 12.0 Å². The minimum atomic E-state index is -1.10. The maximum atomic E-state index is 12.3. The topological polar surface area (TPSA) is 120 Å². The monoisotopic (exact) mass is 399 g/mol. The Morgan fingerprint density at radius 3 is 2.67 bits per heavy atom. The molecule has 0 fully saturated rings. The highest BCUT2D eigenvalue weighted by Gasteiger charge is 2.32. The van der Waals surface area contributed by atoms with Crippen LogP contribution in [0.1, 0.15) is 17.2 Å². The number of hydrogen-bond acceptors (Lipinski definition) is 4. The summed E-state index contributed by atoms with van der Waals surface area (Å²) in [6.07, 6.45) is 3.44. The van der Waals surface area contributed by atoms with Crippen molar-refractivity contribution in [3.63, 3.8) is 0 Å². The smallest absolute Gasteiger partial charge is 0.323 e. The Labute approximate surface area is 171 Å². The Hall–Kier alpha value is -4.20. The molecule has 1 aliphatic rings. The molecule has 1 atom stereocenters. The van der Waals surface area contributed by atoms with Gasteiger partial charge in [0, 0.05) is 11.8 Å². The third kappa shape index (κ3) is 2.95. The van der Waals surface area contributed by atoms with E-state index in [1.165, 1.54) is 0 Å². The lowest BCUT2D eigenvalue weighted by atomic mass is 9.99. The van der Waals surface area contributed by atoms with Crippen molar-refractivity contribution >= 4 is 23.0 Å². The Kier molecular flexibility index (Phi) is 4.17. The Morgan fingerprint density at radius 1 is 1.03 bits per heavy atom. The van der Waals surface area contributed by atoms with Gasteiger partial charge in [0.2, 0.25) is 0 Å². The zero-order valence-corrected chi connectivity index (χ0v) is 15.7. The van der Waals surface area contributed by atoms with Crippen molar-refractivity contribution < 1.29 is 14.7 Å². The lowest BCUT2D eigenvalue weighted by molar-refractivity contribution is -0.135. The van der Waals surface area contributed by atoms with Crippen molar-refractivity contribution in [3.05, 3.63) is 72.1 Å². The van der Waals surface area contributed by atoms with Crippen molar-refractivity contribution in [3.8, 4) is 22.5 Å². The molecule has 4 N–H and O–H groups in total. The van der Waals surface area contributed by atoms with Gasteiger partial charge in [0.05, 0.1) is 23.3 Å². The summed E-state index contributed by atoms with van der Waals surface area (Å²) < 4.78 is 0. The van der Waals surface area contributed by atoms with Crippen molar-refractivity contribution in [1.82, 2.24) is 25.6 Å². The van der Waals surface area contributed by atoms with Gasteiger partial charge in [-0.2, -0.15) is 0 Å². The van der Waals surface area contributed by atoms with E-state index >= 15 is 0 Å². The van der Waals surface area contributed by atoms with Crippen LogP contribution in [0.4, 0.5) is 4.79 Å². The van der Waals surface area contributed by atoms with E-state index in [1.54, 1.807) is 12.4 Å². The fraction of sp³-hybridized carbons (Fsp3) is 0.0909. The second-order valence-electron chi connectivity index (χ2n) is 6.99. The lowest BCUT2D eigenvalue weighted by Gasteiger charge is -2.16. The molecule has 1 aliphatic carbocycles. The van der Waals surface area contributed by atoms with Gasteiger partial charge in [-0.3, -0.25) is 9.78 Å². The molecule has 8 heteroatoms. The van der Waals surface area contributed by atoms with Crippen LogP contribution in [-0.2, 0) is 4.79 Å². The number of amides is 2. The summed E-state index contributed by atoms with van der Waals surface area (Å²) in [5.74, 6) is -0.375. The number of carboxylic acids is 1. The van der Waals surface area contributed by atoms with Crippen LogP contribution in [0.25, 0.3) is 33.5 Å². The van der Waals surface area contributed by atoms with E-state index in [2.05, 4.69) is 20.6 Å². The molecule has 0 saturated heterocycles. The molecule has 0 saturated carbocycles. The third-order valence-electron chi connectivity index (χ3n) is 5.16. The van der Waals surface area contributed by atoms with Crippen LogP contribution in [0, 0.1) is 0 Å². The Morgan fingerprint density at radius 2 is 1.83 bits per heavy atom. The van der Waals surface area contributed by atoms with Crippen molar-refractivity contribution in [2.75, 3.05) is 6.54 Å². The molecule has 8 nitrogen and oxygen atoms in total. The number of nitrogens with zero attached hydrogens (tertiary/aromatic N) is 2. The van der Waals surface area contributed by atoms with Gasteiger partial charge in [-0.25, -0.2) is 9.78 Å². The normalized spacial score (nSPS) is 14.2. The summed E-state index contributed by atoms with van der Waals surface area (Å²) in [6.45, 7) is -0.444. The van der Waals surface area contributed by atoms with Crippen LogP contribution in [0.2, 0.25) is 0 Å². The predicted molar refractivity (Wildman–Crippen MR) is 111 cm³/mol. The average Bonchev–Trinajstić information content (AvgIpc) is 3.32. The highest BCUT2D eigenvalue weighted by Crippen LogP contribution is 2.47. The quantitative estimate of drug-likeness (QED) is 0.420. The maximum Gasteiger partial charge on any atom is 0.323 e. The van der Waals surface area contributed by atoms with Gasteiger partial charge in [0.25, 0.3) is 0 Å². The van der Waals surface area contributed by atoms with Crippen molar-refractivity contribution in [1.29, 1.82) is 0 Å². The van der Waals surface area contributed by atoms with E-state index in [0.29, 0.717) is 0 Å². The molecule has 0 bridgehead atoms. The highest BCUT2D eigenvalue weighted by molar-refractivity contribution is 5.92. The third-order valence-corrected chi connectivity index (χ3v) is 5.16. The summed E-state index contributed by atoms with van der Waals surface area (Å²) in [5, 5.41) is 14.1. The summed E-state index contributed by atoms with van der Waals surface area (Å²) in [7, 11) is 0. The molecule has 2 aromatic heterocycles. The molecule has 4 aromatic rings. The first-order valence-electron chi connectivity index (χ1n) is 9.40. The minimum Gasteiger partial charge on any atom is -0.480 e. The number of fused-ring (bicyclic) bond motifs is 4. The number of carbonyl (C=O) groups excluding carboxylic acids is 1. The van der Waals surface area contributed by atoms with Crippen molar-refractivity contribution in [2.45, 2.75) is 6.04 Å². The zero-order chi connectivity index (χ0) is 20.7. The van der Waals surface area contributed by atoms with Crippen LogP contribution in [0.15, 0.2) is 60.9 Å². The number of H-pyrrole nitrogens is 1. The molecule has 2 aromatic carbocycles. The number of aromatic nitrogens is 3. The highest BCUT2D eigenvalue weighted by atomic mass is 16.4. The van der Waals surface area contributed by atoms with E-state index in [4.69, 9.17) is 10.1 Å². The molecular weight excluding hydrogens is 382 g/mol. The van der Waals surface area contributed by atoms with E-state index < -0.39 is 24.6 Å². The summed E-state index contributed by atoms with van der Waals surface area (Å²) in [6, 6.07) is 14.7.